The van der Waals surface area contributed by atoms with Crippen LogP contribution in [-0.4, -0.2) is 11.7 Å². The van der Waals surface area contributed by atoms with E-state index in [1.165, 1.54) is 42.8 Å². The van der Waals surface area contributed by atoms with Crippen molar-refractivity contribution in [2.75, 3.05) is 0 Å². The second kappa shape index (κ2) is 12.1. The van der Waals surface area contributed by atoms with Gasteiger partial charge in [-0.25, -0.2) is 9.98 Å². The van der Waals surface area contributed by atoms with Crippen LogP contribution in [0.3, 0.4) is 0 Å². The Bertz CT molecular complexity index is 2700. The zero-order valence-electron chi connectivity index (χ0n) is 28.0. The van der Waals surface area contributed by atoms with Crippen molar-refractivity contribution in [1.29, 1.82) is 0 Å². The first-order valence-corrected chi connectivity index (χ1v) is 18.3. The van der Waals surface area contributed by atoms with Crippen molar-refractivity contribution < 1.29 is 4.42 Å². The van der Waals surface area contributed by atoms with E-state index in [4.69, 9.17) is 14.4 Å². The number of hydrogen-bond donors (Lipinski definition) is 1. The lowest BCUT2D eigenvalue weighted by Crippen LogP contribution is -2.33. The first-order valence-electron chi connectivity index (χ1n) is 17.5. The van der Waals surface area contributed by atoms with Crippen LogP contribution < -0.4 is 5.32 Å². The zero-order valence-corrected chi connectivity index (χ0v) is 28.8. The molecular formula is C46H33N3OS. The molecular weight excluding hydrogens is 643 g/mol. The van der Waals surface area contributed by atoms with Crippen LogP contribution in [0.25, 0.3) is 59.9 Å². The number of nitrogens with zero attached hydrogens (tertiary/aromatic N) is 2. The molecule has 0 bridgehead atoms. The van der Waals surface area contributed by atoms with Crippen molar-refractivity contribution in [3.8, 4) is 22.3 Å². The highest BCUT2D eigenvalue weighted by Crippen LogP contribution is 2.44. The third kappa shape index (κ3) is 5.29. The van der Waals surface area contributed by atoms with Gasteiger partial charge < -0.3 is 9.73 Å². The average Bonchev–Trinajstić information content (AvgIpc) is 3.75. The molecule has 2 atom stereocenters. The maximum absolute atomic E-state index is 6.14. The highest BCUT2D eigenvalue weighted by Gasteiger charge is 2.29. The fourth-order valence-electron chi connectivity index (χ4n) is 7.55. The van der Waals surface area contributed by atoms with Crippen LogP contribution in [0.5, 0.6) is 0 Å². The minimum absolute atomic E-state index is 0.263. The van der Waals surface area contributed by atoms with E-state index in [0.717, 1.165) is 56.7 Å². The molecule has 0 saturated carbocycles. The number of para-hydroxylation sites is 1. The maximum Gasteiger partial charge on any atom is 0.159 e. The van der Waals surface area contributed by atoms with Gasteiger partial charge >= 0.3 is 0 Å². The van der Waals surface area contributed by atoms with Gasteiger partial charge in [0.05, 0.1) is 0 Å². The smallest absolute Gasteiger partial charge is 0.159 e. The fourth-order valence-corrected chi connectivity index (χ4v) is 8.89. The highest BCUT2D eigenvalue weighted by molar-refractivity contribution is 7.19. The van der Waals surface area contributed by atoms with E-state index < -0.39 is 0 Å². The van der Waals surface area contributed by atoms with E-state index in [1.54, 1.807) is 0 Å². The zero-order chi connectivity index (χ0) is 33.9. The Balaban J connectivity index is 1.09. The van der Waals surface area contributed by atoms with Gasteiger partial charge in [0, 0.05) is 42.4 Å². The number of thiophene rings is 1. The third-order valence-corrected chi connectivity index (χ3v) is 11.3. The molecule has 3 heterocycles. The van der Waals surface area contributed by atoms with E-state index in [9.17, 15) is 0 Å². The number of aliphatic imine (C=N–C) groups is 2. The van der Waals surface area contributed by atoms with Crippen molar-refractivity contribution in [2.24, 2.45) is 15.9 Å². The number of furan rings is 1. The van der Waals surface area contributed by atoms with E-state index in [-0.39, 0.29) is 6.17 Å². The van der Waals surface area contributed by atoms with Crippen molar-refractivity contribution in [3.63, 3.8) is 0 Å². The summed E-state index contributed by atoms with van der Waals surface area (Å²) in [4.78, 5) is 12.0. The molecule has 0 saturated heterocycles. The van der Waals surface area contributed by atoms with Crippen molar-refractivity contribution in [2.45, 2.75) is 19.5 Å². The summed E-state index contributed by atoms with van der Waals surface area (Å²) >= 11 is 1.90. The van der Waals surface area contributed by atoms with Gasteiger partial charge in [-0.05, 0) is 70.5 Å². The van der Waals surface area contributed by atoms with Crippen LogP contribution in [0.4, 0.5) is 0 Å². The third-order valence-electron chi connectivity index (χ3n) is 10.1. The number of benzene rings is 6. The molecule has 1 N–H and O–H groups in total. The molecule has 51 heavy (non-hydrogen) atoms. The quantitative estimate of drug-likeness (QED) is 0.197. The second-order valence-electron chi connectivity index (χ2n) is 13.5. The normalized spacial score (nSPS) is 17.2. The lowest BCUT2D eigenvalue weighted by atomic mass is 9.87. The molecule has 0 fully saturated rings. The predicted molar refractivity (Wildman–Crippen MR) is 214 cm³/mol. The largest absolute Gasteiger partial charge is 0.456 e. The van der Waals surface area contributed by atoms with Gasteiger partial charge in [-0.2, -0.15) is 0 Å². The van der Waals surface area contributed by atoms with Gasteiger partial charge in [-0.15, -0.1) is 11.3 Å². The van der Waals surface area contributed by atoms with E-state index in [1.807, 2.05) is 29.5 Å². The van der Waals surface area contributed by atoms with Crippen molar-refractivity contribution in [1.82, 2.24) is 5.32 Å². The van der Waals surface area contributed by atoms with E-state index in [2.05, 4.69) is 146 Å². The van der Waals surface area contributed by atoms with E-state index in [0.29, 0.717) is 5.92 Å². The Morgan fingerprint density at radius 2 is 1.27 bits per heavy atom. The van der Waals surface area contributed by atoms with Gasteiger partial charge in [0.15, 0.2) is 5.84 Å². The minimum Gasteiger partial charge on any atom is -0.456 e. The molecule has 1 aliphatic carbocycles. The Morgan fingerprint density at radius 1 is 0.627 bits per heavy atom. The molecule has 0 spiro atoms. The van der Waals surface area contributed by atoms with Gasteiger partial charge in [-0.1, -0.05) is 128 Å². The number of hydrogen-bond acceptors (Lipinski definition) is 5. The number of fused-ring (bicyclic) bond motifs is 6. The van der Waals surface area contributed by atoms with Crippen LogP contribution in [0.2, 0.25) is 0 Å². The molecule has 1 unspecified atom stereocenters. The van der Waals surface area contributed by atoms with Crippen molar-refractivity contribution in [3.05, 3.63) is 173 Å². The van der Waals surface area contributed by atoms with E-state index >= 15 is 0 Å². The van der Waals surface area contributed by atoms with Gasteiger partial charge in [0.25, 0.3) is 0 Å². The molecule has 4 nitrogen and oxygen atoms in total. The summed E-state index contributed by atoms with van der Waals surface area (Å²) in [5.74, 6) is 1.97. The molecule has 8 aromatic rings. The van der Waals surface area contributed by atoms with Gasteiger partial charge in [-0.3, -0.25) is 0 Å². The molecule has 2 aliphatic rings. The number of rotatable bonds is 5. The molecule has 0 radical (unpaired) electrons. The number of nitrogens with one attached hydrogen (secondary N) is 1. The summed E-state index contributed by atoms with van der Waals surface area (Å²) < 4.78 is 7.42. The summed E-state index contributed by atoms with van der Waals surface area (Å²) in [6.45, 7) is 2.30. The summed E-state index contributed by atoms with van der Waals surface area (Å²) in [6.07, 6.45) is 3.13. The summed E-state index contributed by atoms with van der Waals surface area (Å²) in [5, 5.41) is 7.20. The lowest BCUT2D eigenvalue weighted by molar-refractivity contribution is 0.669. The second-order valence-corrected chi connectivity index (χ2v) is 14.6. The van der Waals surface area contributed by atoms with Crippen LogP contribution >= 0.6 is 11.3 Å². The fraction of sp³-hybridized carbons (Fsp3) is 0.0870. The topological polar surface area (TPSA) is 49.9 Å². The molecule has 5 heteroatoms. The first kappa shape index (κ1) is 29.8. The number of allylic oxidation sites excluding steroid dienone is 1. The van der Waals surface area contributed by atoms with Crippen molar-refractivity contribution >= 4 is 60.6 Å². The SMILES string of the molecule is C[C@H]1C=C(C2=NC(c3ccccc3)NC(c3ccc(-c4ccccc4)cc3)=N2)c2c(sc3ccc(-c4ccc5oc6ccccc6c5c4)cc23)C1. The summed E-state index contributed by atoms with van der Waals surface area (Å²) in [7, 11) is 0. The summed E-state index contributed by atoms with van der Waals surface area (Å²) in [5.41, 5.74) is 11.1. The number of amidine groups is 2. The minimum atomic E-state index is -0.263. The average molecular weight is 676 g/mol. The molecule has 1 aliphatic heterocycles. The predicted octanol–water partition coefficient (Wildman–Crippen LogP) is 11.9. The maximum atomic E-state index is 6.14. The van der Waals surface area contributed by atoms with Crippen LogP contribution in [-0.2, 0) is 6.42 Å². The standard InChI is InChI=1S/C46H33N3OS/c1-28-24-38(46-48-44(31-12-6-3-7-13-31)47-45(49-46)32-18-16-30(17-19-32)29-10-4-2-5-11-29)43-37-27-34(21-23-41(37)51-42(43)25-28)33-20-22-40-36(26-33)35-14-8-9-15-39(35)50-40/h2-24,26-28,44H,25H2,1H3,(H,47,48,49)/t28-,44?/m0/s1. The Kier molecular flexibility index (Phi) is 7.07. The lowest BCUT2D eigenvalue weighted by Gasteiger charge is -2.26. The van der Waals surface area contributed by atoms with Crippen LogP contribution in [0, 0.1) is 5.92 Å². The Hall–Kier alpha value is -6.04. The molecule has 0 amide bonds. The molecule has 10 rings (SSSR count). The van der Waals surface area contributed by atoms with Crippen LogP contribution in [0.15, 0.2) is 166 Å². The Morgan fingerprint density at radius 3 is 2.10 bits per heavy atom. The van der Waals surface area contributed by atoms with Gasteiger partial charge in [0.2, 0.25) is 0 Å². The molecule has 244 valence electrons. The summed E-state index contributed by atoms with van der Waals surface area (Å²) in [6, 6.07) is 51.3. The Labute approximate surface area is 300 Å². The molecule has 6 aromatic carbocycles. The monoisotopic (exact) mass is 675 g/mol. The van der Waals surface area contributed by atoms with Gasteiger partial charge in [0.1, 0.15) is 23.2 Å². The molecule has 2 aromatic heterocycles. The highest BCUT2D eigenvalue weighted by atomic mass is 32.1. The van der Waals surface area contributed by atoms with Crippen LogP contribution in [0.1, 0.15) is 34.7 Å². The first-order chi connectivity index (χ1) is 25.1.